The van der Waals surface area contributed by atoms with Gasteiger partial charge < -0.3 is 9.47 Å². The van der Waals surface area contributed by atoms with E-state index in [9.17, 15) is 14.4 Å². The molecule has 10 heteroatoms. The average molecular weight is 479 g/mol. The van der Waals surface area contributed by atoms with E-state index in [4.69, 9.17) is 9.47 Å². The van der Waals surface area contributed by atoms with Crippen LogP contribution in [0, 0.1) is 12.3 Å². The summed E-state index contributed by atoms with van der Waals surface area (Å²) < 4.78 is 13.9. The first kappa shape index (κ1) is 25.2. The number of hydrogen-bond acceptors (Lipinski definition) is 7. The Morgan fingerprint density at radius 2 is 1.94 bits per heavy atom. The minimum absolute atomic E-state index is 0.0557. The fourth-order valence-electron chi connectivity index (χ4n) is 3.75. The fraction of sp³-hybridized carbons (Fsp3) is 0.652. The molecule has 1 aliphatic rings. The van der Waals surface area contributed by atoms with Gasteiger partial charge >= 0.3 is 11.8 Å². The van der Waals surface area contributed by atoms with E-state index in [0.717, 1.165) is 18.4 Å². The highest BCUT2D eigenvalue weighted by molar-refractivity contribution is 7.20. The van der Waals surface area contributed by atoms with E-state index in [0.29, 0.717) is 34.8 Å². The number of carbonyl (C=O) groups excluding carboxylic acids is 1. The summed E-state index contributed by atoms with van der Waals surface area (Å²) in [6.07, 6.45) is 2.60. The Hall–Kier alpha value is -2.46. The van der Waals surface area contributed by atoms with E-state index in [1.54, 1.807) is 25.3 Å². The van der Waals surface area contributed by atoms with Crippen LogP contribution < -0.4 is 16.7 Å². The van der Waals surface area contributed by atoms with Crippen LogP contribution in [0.1, 0.15) is 64.8 Å². The lowest BCUT2D eigenvalue weighted by molar-refractivity contribution is 0.0529. The second-order valence-electron chi connectivity index (χ2n) is 10.6. The number of hydrogen-bond donors (Lipinski definition) is 1. The maximum Gasteiger partial charge on any atom is 0.428 e. The first-order chi connectivity index (χ1) is 15.3. The van der Waals surface area contributed by atoms with E-state index >= 15 is 0 Å². The lowest BCUT2D eigenvalue weighted by Crippen LogP contribution is -2.43. The molecule has 0 bridgehead atoms. The van der Waals surface area contributed by atoms with Gasteiger partial charge in [-0.2, -0.15) is 5.10 Å². The molecule has 0 aliphatic carbocycles. The normalized spacial score (nSPS) is 17.2. The van der Waals surface area contributed by atoms with Crippen LogP contribution in [0.5, 0.6) is 0 Å². The van der Waals surface area contributed by atoms with Crippen LogP contribution in [0.3, 0.4) is 0 Å². The molecular formula is C23H34N4O5S. The zero-order valence-corrected chi connectivity index (χ0v) is 21.3. The molecule has 2 aromatic heterocycles. The van der Waals surface area contributed by atoms with Crippen LogP contribution in [-0.4, -0.2) is 39.8 Å². The van der Waals surface area contributed by atoms with Gasteiger partial charge in [-0.25, -0.2) is 15.0 Å². The average Bonchev–Trinajstić information content (AvgIpc) is 3.28. The van der Waals surface area contributed by atoms with Crippen LogP contribution in [-0.2, 0) is 22.6 Å². The molecule has 33 heavy (non-hydrogen) atoms. The summed E-state index contributed by atoms with van der Waals surface area (Å²) in [4.78, 5) is 39.9. The van der Waals surface area contributed by atoms with Crippen molar-refractivity contribution in [2.24, 2.45) is 10.5 Å². The molecule has 9 nitrogen and oxygen atoms in total. The van der Waals surface area contributed by atoms with Crippen molar-refractivity contribution in [3.8, 4) is 0 Å². The molecule has 182 valence electrons. The lowest BCUT2D eigenvalue weighted by Gasteiger charge is -2.21. The van der Waals surface area contributed by atoms with Gasteiger partial charge in [-0.05, 0) is 51.5 Å². The van der Waals surface area contributed by atoms with Crippen LogP contribution in [0.15, 0.2) is 14.7 Å². The van der Waals surface area contributed by atoms with Crippen molar-refractivity contribution < 1.29 is 14.3 Å². The smallest absolute Gasteiger partial charge is 0.428 e. The van der Waals surface area contributed by atoms with Gasteiger partial charge in [-0.3, -0.25) is 13.9 Å². The Balaban J connectivity index is 2.06. The van der Waals surface area contributed by atoms with E-state index in [-0.39, 0.29) is 22.8 Å². The van der Waals surface area contributed by atoms with Crippen molar-refractivity contribution >= 4 is 33.9 Å². The van der Waals surface area contributed by atoms with E-state index in [1.807, 2.05) is 27.7 Å². The fourth-order valence-corrected chi connectivity index (χ4v) is 4.92. The van der Waals surface area contributed by atoms with Gasteiger partial charge in [0.25, 0.3) is 5.56 Å². The minimum atomic E-state index is -0.666. The second kappa shape index (κ2) is 9.42. The quantitative estimate of drug-likeness (QED) is 0.522. The predicted molar refractivity (Wildman–Crippen MR) is 130 cm³/mol. The van der Waals surface area contributed by atoms with Gasteiger partial charge in [0.05, 0.1) is 29.1 Å². The molecule has 0 aromatic carbocycles. The molecule has 1 fully saturated rings. The predicted octanol–water partition coefficient (Wildman–Crippen LogP) is 3.62. The van der Waals surface area contributed by atoms with Crippen molar-refractivity contribution in [2.45, 2.75) is 86.1 Å². The SMILES string of the molecule is Cc1c(/C=N/NC(=O)OC(C)(C)C)sc2c1c(=O)n(CC(C)(C)C)c(=O)n2CC1CCCO1. The number of ether oxygens (including phenoxy) is 2. The van der Waals surface area contributed by atoms with E-state index in [1.165, 1.54) is 22.1 Å². The summed E-state index contributed by atoms with van der Waals surface area (Å²) >= 11 is 1.31. The number of rotatable bonds is 5. The molecule has 1 atom stereocenters. The Kier molecular flexibility index (Phi) is 7.18. The Morgan fingerprint density at radius 1 is 1.24 bits per heavy atom. The van der Waals surface area contributed by atoms with Crippen molar-refractivity contribution in [3.05, 3.63) is 31.3 Å². The number of nitrogens with one attached hydrogen (secondary N) is 1. The monoisotopic (exact) mass is 478 g/mol. The zero-order chi connectivity index (χ0) is 24.6. The molecule has 1 N–H and O–H groups in total. The summed E-state index contributed by atoms with van der Waals surface area (Å²) in [5.41, 5.74) is 1.56. The number of aromatic nitrogens is 2. The molecule has 1 saturated heterocycles. The lowest BCUT2D eigenvalue weighted by atomic mass is 9.97. The van der Waals surface area contributed by atoms with Crippen molar-refractivity contribution in [3.63, 3.8) is 0 Å². The first-order valence-electron chi connectivity index (χ1n) is 11.2. The number of thiophene rings is 1. The third-order valence-electron chi connectivity index (χ3n) is 5.11. The summed E-state index contributed by atoms with van der Waals surface area (Å²) in [5, 5.41) is 4.49. The van der Waals surface area contributed by atoms with Crippen molar-refractivity contribution in [1.82, 2.24) is 14.6 Å². The number of fused-ring (bicyclic) bond motifs is 1. The van der Waals surface area contributed by atoms with Crippen molar-refractivity contribution in [2.75, 3.05) is 6.61 Å². The highest BCUT2D eigenvalue weighted by atomic mass is 32.1. The van der Waals surface area contributed by atoms with Gasteiger partial charge in [-0.1, -0.05) is 20.8 Å². The first-order valence-corrected chi connectivity index (χ1v) is 12.0. The maximum atomic E-state index is 13.4. The standard InChI is InChI=1S/C23H34N4O5S/c1-14-16(11-24-25-20(29)32-23(5,6)7)33-19-17(14)18(28)27(13-22(2,3)4)21(30)26(19)12-15-9-8-10-31-15/h11,15H,8-10,12-13H2,1-7H3,(H,25,29)/b24-11+. The third-order valence-corrected chi connectivity index (χ3v) is 6.36. The zero-order valence-electron chi connectivity index (χ0n) is 20.5. The highest BCUT2D eigenvalue weighted by Gasteiger charge is 2.25. The third kappa shape index (κ3) is 6.11. The molecule has 3 rings (SSSR count). The van der Waals surface area contributed by atoms with Gasteiger partial charge in [0.2, 0.25) is 0 Å². The van der Waals surface area contributed by atoms with E-state index in [2.05, 4.69) is 10.5 Å². The van der Waals surface area contributed by atoms with Crippen LogP contribution >= 0.6 is 11.3 Å². The number of hydrazone groups is 1. The molecule has 0 radical (unpaired) electrons. The molecule has 2 aromatic rings. The largest absolute Gasteiger partial charge is 0.443 e. The van der Waals surface area contributed by atoms with Crippen LogP contribution in [0.4, 0.5) is 4.79 Å². The van der Waals surface area contributed by atoms with Crippen molar-refractivity contribution in [1.29, 1.82) is 0 Å². The highest BCUT2D eigenvalue weighted by Crippen LogP contribution is 2.28. The van der Waals surface area contributed by atoms with Crippen LogP contribution in [0.25, 0.3) is 10.2 Å². The molecule has 1 aliphatic heterocycles. The molecule has 3 heterocycles. The minimum Gasteiger partial charge on any atom is -0.443 e. The molecule has 0 saturated carbocycles. The topological polar surface area (TPSA) is 104 Å². The summed E-state index contributed by atoms with van der Waals surface area (Å²) in [5.74, 6) is 0. The van der Waals surface area contributed by atoms with E-state index < -0.39 is 11.7 Å². The second-order valence-corrected chi connectivity index (χ2v) is 11.7. The molecular weight excluding hydrogens is 444 g/mol. The summed E-state index contributed by atoms with van der Waals surface area (Å²) in [6.45, 7) is 14.5. The summed E-state index contributed by atoms with van der Waals surface area (Å²) in [7, 11) is 0. The Labute approximate surface area is 197 Å². The van der Waals surface area contributed by atoms with Gasteiger partial charge in [-0.15, -0.1) is 11.3 Å². The number of nitrogens with zero attached hydrogens (tertiary/aromatic N) is 3. The van der Waals surface area contributed by atoms with Crippen LogP contribution in [0.2, 0.25) is 0 Å². The number of amides is 1. The van der Waals surface area contributed by atoms with Gasteiger partial charge in [0.1, 0.15) is 10.4 Å². The summed E-state index contributed by atoms with van der Waals surface area (Å²) in [6, 6.07) is 0. The number of aryl methyl sites for hydroxylation is 1. The Bertz CT molecular complexity index is 1170. The van der Waals surface area contributed by atoms with Gasteiger partial charge in [0.15, 0.2) is 0 Å². The number of carbonyl (C=O) groups is 1. The maximum absolute atomic E-state index is 13.4. The molecule has 1 unspecified atom stereocenters. The van der Waals surface area contributed by atoms with Gasteiger partial charge in [0, 0.05) is 13.2 Å². The molecule has 0 spiro atoms. The molecule has 1 amide bonds. The Morgan fingerprint density at radius 3 is 2.52 bits per heavy atom.